The smallest absolute Gasteiger partial charge is 0.0742 e. The van der Waals surface area contributed by atoms with Crippen molar-refractivity contribution in [3.05, 3.63) is 0 Å². The van der Waals surface area contributed by atoms with E-state index in [1.54, 1.807) is 6.92 Å². The number of hydrogen-bond acceptors (Lipinski definition) is 6. The van der Waals surface area contributed by atoms with Gasteiger partial charge in [-0.05, 0) is 13.8 Å². The monoisotopic (exact) mass is 213 g/mol. The first-order chi connectivity index (χ1) is 6.45. The summed E-state index contributed by atoms with van der Waals surface area (Å²) in [6, 6.07) is -0.0602. The molecule has 90 valence electrons. The normalized spacial score (nSPS) is 12.9. The van der Waals surface area contributed by atoms with Gasteiger partial charge in [0.25, 0.3) is 0 Å². The summed E-state index contributed by atoms with van der Waals surface area (Å²) < 4.78 is 0. The first kappa shape index (κ1) is 19.4. The molecule has 0 aliphatic rings. The van der Waals surface area contributed by atoms with E-state index < -0.39 is 6.10 Å². The molecule has 0 fully saturated rings. The van der Waals surface area contributed by atoms with Crippen LogP contribution in [0.5, 0.6) is 0 Å². The van der Waals surface area contributed by atoms with Gasteiger partial charge in [-0.3, -0.25) is 0 Å². The van der Waals surface area contributed by atoms with Gasteiger partial charge in [0.1, 0.15) is 0 Å². The Labute approximate surface area is 84.6 Å². The van der Waals surface area contributed by atoms with Gasteiger partial charge in [-0.2, -0.15) is 0 Å². The van der Waals surface area contributed by atoms with Crippen LogP contribution in [0.2, 0.25) is 0 Å². The molecule has 0 bridgehead atoms. The first-order valence-corrected chi connectivity index (χ1v) is 4.33. The molecule has 0 aliphatic heterocycles. The van der Waals surface area contributed by atoms with Gasteiger partial charge >= 0.3 is 0 Å². The Morgan fingerprint density at radius 3 is 1.14 bits per heavy atom. The molecule has 6 heteroatoms. The largest absolute Gasteiger partial charge is 0.395 e. The standard InChI is InChI=1S/C3H9NO.C3H8O2.C2H6O2/c1-3(4)2-5;1-3(5)2-4;3-1-2-4/h3,5H,2,4H2,1H3;3-5H,2H2,1H3;3-4H,1-2H2. The van der Waals surface area contributed by atoms with E-state index in [0.29, 0.717) is 0 Å². The van der Waals surface area contributed by atoms with E-state index in [1.807, 2.05) is 0 Å². The second-order valence-electron chi connectivity index (χ2n) is 2.64. The zero-order valence-electron chi connectivity index (χ0n) is 8.80. The van der Waals surface area contributed by atoms with Crippen molar-refractivity contribution in [1.29, 1.82) is 0 Å². The van der Waals surface area contributed by atoms with Gasteiger partial charge in [0.05, 0.1) is 32.5 Å². The predicted octanol–water partition coefficient (Wildman–Crippen LogP) is -2.34. The van der Waals surface area contributed by atoms with Crippen molar-refractivity contribution in [2.24, 2.45) is 5.73 Å². The maximum Gasteiger partial charge on any atom is 0.0742 e. The van der Waals surface area contributed by atoms with Crippen LogP contribution in [0.1, 0.15) is 13.8 Å². The van der Waals surface area contributed by atoms with E-state index in [1.165, 1.54) is 6.92 Å². The van der Waals surface area contributed by atoms with Crippen LogP contribution in [0.25, 0.3) is 0 Å². The number of nitrogens with two attached hydrogens (primary N) is 1. The van der Waals surface area contributed by atoms with E-state index in [4.69, 9.17) is 31.3 Å². The zero-order valence-corrected chi connectivity index (χ0v) is 8.80. The topological polar surface area (TPSA) is 127 Å². The highest BCUT2D eigenvalue weighted by atomic mass is 16.3. The quantitative estimate of drug-likeness (QED) is 0.312. The lowest BCUT2D eigenvalue weighted by Crippen LogP contribution is -2.18. The summed E-state index contributed by atoms with van der Waals surface area (Å²) in [7, 11) is 0. The average molecular weight is 213 g/mol. The third kappa shape index (κ3) is 60.1. The summed E-state index contributed by atoms with van der Waals surface area (Å²) in [4.78, 5) is 0. The molecule has 0 heterocycles. The fraction of sp³-hybridized carbons (Fsp3) is 1.00. The van der Waals surface area contributed by atoms with Gasteiger partial charge in [0, 0.05) is 6.04 Å². The van der Waals surface area contributed by atoms with Gasteiger partial charge < -0.3 is 31.3 Å². The van der Waals surface area contributed by atoms with Crippen LogP contribution in [0.15, 0.2) is 0 Å². The molecule has 2 atom stereocenters. The van der Waals surface area contributed by atoms with Crippen LogP contribution >= 0.6 is 0 Å². The Bertz CT molecular complexity index is 70.1. The maximum atomic E-state index is 8.11. The second kappa shape index (κ2) is 18.5. The van der Waals surface area contributed by atoms with Gasteiger partial charge in [0.15, 0.2) is 0 Å². The molecule has 0 aromatic heterocycles. The lowest BCUT2D eigenvalue weighted by atomic mass is 10.4. The van der Waals surface area contributed by atoms with Crippen molar-refractivity contribution in [3.8, 4) is 0 Å². The third-order valence-corrected chi connectivity index (χ3v) is 0.652. The lowest BCUT2D eigenvalue weighted by Gasteiger charge is -1.91. The van der Waals surface area contributed by atoms with Crippen LogP contribution in [0, 0.1) is 0 Å². The van der Waals surface area contributed by atoms with Crippen molar-refractivity contribution >= 4 is 0 Å². The number of hydrogen-bond donors (Lipinski definition) is 6. The molecule has 2 unspecified atom stereocenters. The molecule has 14 heavy (non-hydrogen) atoms. The van der Waals surface area contributed by atoms with E-state index >= 15 is 0 Å². The fourth-order valence-electron chi connectivity index (χ4n) is 0. The Kier molecular flexibility index (Phi) is 25.6. The maximum absolute atomic E-state index is 8.11. The fourth-order valence-corrected chi connectivity index (χ4v) is 0. The van der Waals surface area contributed by atoms with Crippen LogP contribution < -0.4 is 5.73 Å². The molecule has 0 aromatic rings. The highest BCUT2D eigenvalue weighted by Crippen LogP contribution is 1.68. The van der Waals surface area contributed by atoms with E-state index in [2.05, 4.69) is 0 Å². The van der Waals surface area contributed by atoms with E-state index in [0.717, 1.165) is 0 Å². The molecule has 0 amide bonds. The van der Waals surface area contributed by atoms with Gasteiger partial charge in [-0.15, -0.1) is 0 Å². The third-order valence-electron chi connectivity index (χ3n) is 0.652. The molecule has 0 aliphatic carbocycles. The van der Waals surface area contributed by atoms with E-state index in [9.17, 15) is 0 Å². The van der Waals surface area contributed by atoms with Gasteiger partial charge in [-0.1, -0.05) is 0 Å². The summed E-state index contributed by atoms with van der Waals surface area (Å²) >= 11 is 0. The minimum Gasteiger partial charge on any atom is -0.395 e. The molecular formula is C8H23NO5. The first-order valence-electron chi connectivity index (χ1n) is 4.33. The minimum absolute atomic E-state index is 0.0602. The summed E-state index contributed by atoms with van der Waals surface area (Å²) in [5, 5.41) is 39.3. The molecule has 0 radical (unpaired) electrons. The molecule has 0 spiro atoms. The number of rotatable bonds is 3. The van der Waals surface area contributed by atoms with Crippen molar-refractivity contribution in [1.82, 2.24) is 0 Å². The molecule has 0 saturated carbocycles. The van der Waals surface area contributed by atoms with Crippen molar-refractivity contribution in [3.63, 3.8) is 0 Å². The van der Waals surface area contributed by atoms with Crippen molar-refractivity contribution < 1.29 is 25.5 Å². The van der Waals surface area contributed by atoms with Crippen LogP contribution in [0.4, 0.5) is 0 Å². The molecule has 7 N–H and O–H groups in total. The van der Waals surface area contributed by atoms with Crippen LogP contribution in [-0.2, 0) is 0 Å². The molecule has 6 nitrogen and oxygen atoms in total. The predicted molar refractivity (Wildman–Crippen MR) is 53.7 cm³/mol. The Balaban J connectivity index is -0.000000131. The zero-order chi connectivity index (χ0) is 12.0. The highest BCUT2D eigenvalue weighted by Gasteiger charge is 1.83. The number of aliphatic hydroxyl groups is 5. The molecular weight excluding hydrogens is 190 g/mol. The summed E-state index contributed by atoms with van der Waals surface area (Å²) in [6.45, 7) is 2.97. The Hall–Kier alpha value is -0.240. The molecule has 0 rings (SSSR count). The van der Waals surface area contributed by atoms with E-state index in [-0.39, 0.29) is 32.5 Å². The average Bonchev–Trinajstić information content (AvgIpc) is 2.19. The number of aliphatic hydroxyl groups excluding tert-OH is 5. The van der Waals surface area contributed by atoms with Crippen LogP contribution in [-0.4, -0.2) is 64.1 Å². The van der Waals surface area contributed by atoms with Crippen molar-refractivity contribution in [2.45, 2.75) is 26.0 Å². The summed E-state index contributed by atoms with van der Waals surface area (Å²) in [5.41, 5.74) is 5.04. The second-order valence-corrected chi connectivity index (χ2v) is 2.64. The Morgan fingerprint density at radius 2 is 1.14 bits per heavy atom. The SMILES string of the molecule is CC(N)CO.CC(O)CO.OCCO. The Morgan fingerprint density at radius 1 is 0.929 bits per heavy atom. The van der Waals surface area contributed by atoms with Gasteiger partial charge in [0.2, 0.25) is 0 Å². The molecule has 0 saturated heterocycles. The minimum atomic E-state index is -0.560. The summed E-state index contributed by atoms with van der Waals surface area (Å²) in [5.74, 6) is 0. The van der Waals surface area contributed by atoms with Gasteiger partial charge in [-0.25, -0.2) is 0 Å². The lowest BCUT2D eigenvalue weighted by molar-refractivity contribution is 0.110. The highest BCUT2D eigenvalue weighted by molar-refractivity contribution is 4.43. The van der Waals surface area contributed by atoms with Crippen LogP contribution in [0.3, 0.4) is 0 Å². The van der Waals surface area contributed by atoms with Crippen molar-refractivity contribution in [2.75, 3.05) is 26.4 Å². The summed E-state index contributed by atoms with van der Waals surface area (Å²) in [6.07, 6.45) is -0.560. The molecule has 0 aromatic carbocycles.